The van der Waals surface area contributed by atoms with Gasteiger partial charge in [0.2, 0.25) is 0 Å². The molecule has 0 unspecified atom stereocenters. The largest absolute Gasteiger partial charge is 0.447 e. The molecule has 1 fully saturated rings. The fourth-order valence-corrected chi connectivity index (χ4v) is 2.85. The molecule has 122 valence electrons. The van der Waals surface area contributed by atoms with E-state index in [1.807, 2.05) is 30.3 Å². The van der Waals surface area contributed by atoms with Gasteiger partial charge in [-0.1, -0.05) is 56.5 Å². The summed E-state index contributed by atoms with van der Waals surface area (Å²) in [6, 6.07) is 9.47. The molecule has 0 bridgehead atoms. The summed E-state index contributed by atoms with van der Waals surface area (Å²) >= 11 is 0. The molecule has 5 heteroatoms. The Morgan fingerprint density at radius 1 is 1.36 bits per heavy atom. The van der Waals surface area contributed by atoms with Crippen LogP contribution in [0.5, 0.6) is 0 Å². The standard InChI is InChI=1S/C17H25NO4/c1-3-4-6-11-15(19)16(21-2)18-14(12-22-17(18)20)13-9-7-5-8-10-13/h5,7-10,14-16,19H,3-4,6,11-12H2,1-2H3/t14-,15+,16-/m0/s1. The lowest BCUT2D eigenvalue weighted by molar-refractivity contribution is -0.0970. The van der Waals surface area contributed by atoms with Crippen molar-refractivity contribution in [1.29, 1.82) is 0 Å². The number of cyclic esters (lactones) is 1. The second-order valence-electron chi connectivity index (χ2n) is 5.60. The zero-order valence-corrected chi connectivity index (χ0v) is 13.3. The molecule has 1 saturated heterocycles. The quantitative estimate of drug-likeness (QED) is 0.750. The van der Waals surface area contributed by atoms with E-state index in [1.54, 1.807) is 0 Å². The van der Waals surface area contributed by atoms with Gasteiger partial charge in [-0.15, -0.1) is 0 Å². The van der Waals surface area contributed by atoms with Crippen LogP contribution in [0.2, 0.25) is 0 Å². The van der Waals surface area contributed by atoms with E-state index < -0.39 is 18.4 Å². The highest BCUT2D eigenvalue weighted by molar-refractivity contribution is 5.71. The third kappa shape index (κ3) is 3.78. The van der Waals surface area contributed by atoms with E-state index in [0.717, 1.165) is 24.8 Å². The Bertz CT molecular complexity index is 465. The van der Waals surface area contributed by atoms with E-state index in [1.165, 1.54) is 12.0 Å². The first-order chi connectivity index (χ1) is 10.7. The number of rotatable bonds is 8. The molecular weight excluding hydrogens is 282 g/mol. The molecule has 0 spiro atoms. The van der Waals surface area contributed by atoms with Gasteiger partial charge in [-0.2, -0.15) is 0 Å². The van der Waals surface area contributed by atoms with Crippen LogP contribution >= 0.6 is 0 Å². The molecule has 1 aromatic carbocycles. The van der Waals surface area contributed by atoms with E-state index in [-0.39, 0.29) is 12.6 Å². The van der Waals surface area contributed by atoms with Crippen molar-refractivity contribution in [3.63, 3.8) is 0 Å². The van der Waals surface area contributed by atoms with Gasteiger partial charge in [-0.3, -0.25) is 4.90 Å². The number of hydrogen-bond donors (Lipinski definition) is 1. The predicted molar refractivity (Wildman–Crippen MR) is 83.3 cm³/mol. The fraction of sp³-hybridized carbons (Fsp3) is 0.588. The van der Waals surface area contributed by atoms with Crippen molar-refractivity contribution >= 4 is 6.09 Å². The van der Waals surface area contributed by atoms with Gasteiger partial charge in [-0.05, 0) is 12.0 Å². The van der Waals surface area contributed by atoms with E-state index in [4.69, 9.17) is 9.47 Å². The molecule has 1 aromatic rings. The highest BCUT2D eigenvalue weighted by Gasteiger charge is 2.41. The second kappa shape index (κ2) is 8.15. The maximum absolute atomic E-state index is 12.1. The summed E-state index contributed by atoms with van der Waals surface area (Å²) in [4.78, 5) is 13.6. The van der Waals surface area contributed by atoms with Crippen molar-refractivity contribution in [1.82, 2.24) is 4.90 Å². The van der Waals surface area contributed by atoms with Crippen LogP contribution in [0.4, 0.5) is 4.79 Å². The van der Waals surface area contributed by atoms with E-state index in [2.05, 4.69) is 6.92 Å². The fourth-order valence-electron chi connectivity index (χ4n) is 2.85. The van der Waals surface area contributed by atoms with E-state index >= 15 is 0 Å². The number of amides is 1. The van der Waals surface area contributed by atoms with Crippen molar-refractivity contribution < 1.29 is 19.4 Å². The summed E-state index contributed by atoms with van der Waals surface area (Å²) in [5.74, 6) is 0. The Balaban J connectivity index is 2.12. The number of hydrogen-bond acceptors (Lipinski definition) is 4. The topological polar surface area (TPSA) is 59.0 Å². The summed E-state index contributed by atoms with van der Waals surface area (Å²) in [6.07, 6.45) is 1.83. The molecule has 0 aliphatic carbocycles. The summed E-state index contributed by atoms with van der Waals surface area (Å²) < 4.78 is 10.6. The first kappa shape index (κ1) is 16.8. The van der Waals surface area contributed by atoms with Crippen LogP contribution in [0.1, 0.15) is 44.2 Å². The zero-order chi connectivity index (χ0) is 15.9. The Kier molecular flexibility index (Phi) is 6.21. The molecule has 2 rings (SSSR count). The van der Waals surface area contributed by atoms with Crippen LogP contribution in [-0.4, -0.2) is 42.1 Å². The van der Waals surface area contributed by atoms with Gasteiger partial charge in [0.15, 0.2) is 6.23 Å². The summed E-state index contributed by atoms with van der Waals surface area (Å²) in [5.41, 5.74) is 0.983. The minimum atomic E-state index is -0.714. The van der Waals surface area contributed by atoms with Crippen molar-refractivity contribution in [3.05, 3.63) is 35.9 Å². The van der Waals surface area contributed by atoms with Gasteiger partial charge in [0.05, 0.1) is 12.1 Å². The van der Waals surface area contributed by atoms with Crippen molar-refractivity contribution in [3.8, 4) is 0 Å². The number of unbranched alkanes of at least 4 members (excludes halogenated alkanes) is 2. The molecule has 0 radical (unpaired) electrons. The van der Waals surface area contributed by atoms with Crippen LogP contribution < -0.4 is 0 Å². The van der Waals surface area contributed by atoms with Crippen molar-refractivity contribution in [2.24, 2.45) is 0 Å². The SMILES string of the molecule is CCCCC[C@@H](O)[C@H](OC)N1C(=O)OC[C@H]1c1ccccc1. The first-order valence-corrected chi connectivity index (χ1v) is 7.90. The number of aliphatic hydroxyl groups is 1. The van der Waals surface area contributed by atoms with Crippen LogP contribution in [-0.2, 0) is 9.47 Å². The highest BCUT2D eigenvalue weighted by Crippen LogP contribution is 2.31. The Morgan fingerprint density at radius 2 is 2.09 bits per heavy atom. The number of nitrogens with zero attached hydrogens (tertiary/aromatic N) is 1. The summed E-state index contributed by atoms with van der Waals surface area (Å²) in [7, 11) is 1.52. The third-order valence-corrected chi connectivity index (χ3v) is 4.04. The molecular formula is C17H25NO4. The first-order valence-electron chi connectivity index (χ1n) is 7.90. The molecule has 1 aliphatic heterocycles. The number of benzene rings is 1. The average Bonchev–Trinajstić information content (AvgIpc) is 2.91. The van der Waals surface area contributed by atoms with Crippen molar-refractivity contribution in [2.75, 3.05) is 13.7 Å². The lowest BCUT2D eigenvalue weighted by atomic mass is 10.0. The predicted octanol–water partition coefficient (Wildman–Crippen LogP) is 3.09. The number of aliphatic hydroxyl groups excluding tert-OH is 1. The molecule has 1 heterocycles. The second-order valence-corrected chi connectivity index (χ2v) is 5.60. The number of carbonyl (C=O) groups excluding carboxylic acids is 1. The molecule has 0 aromatic heterocycles. The van der Waals surface area contributed by atoms with Crippen LogP contribution in [0.15, 0.2) is 30.3 Å². The molecule has 22 heavy (non-hydrogen) atoms. The van der Waals surface area contributed by atoms with Crippen molar-refractivity contribution in [2.45, 2.75) is 51.0 Å². The van der Waals surface area contributed by atoms with Crippen LogP contribution in [0.3, 0.4) is 0 Å². The maximum atomic E-state index is 12.1. The molecule has 1 amide bonds. The number of carbonyl (C=O) groups is 1. The minimum absolute atomic E-state index is 0.223. The molecule has 3 atom stereocenters. The normalized spacial score (nSPS) is 20.8. The van der Waals surface area contributed by atoms with Gasteiger partial charge in [0, 0.05) is 7.11 Å². The molecule has 0 saturated carbocycles. The summed E-state index contributed by atoms with van der Waals surface area (Å²) in [6.45, 7) is 2.40. The Labute approximate surface area is 131 Å². The minimum Gasteiger partial charge on any atom is -0.447 e. The zero-order valence-electron chi connectivity index (χ0n) is 13.3. The Morgan fingerprint density at radius 3 is 2.73 bits per heavy atom. The van der Waals surface area contributed by atoms with Gasteiger partial charge in [0.25, 0.3) is 0 Å². The van der Waals surface area contributed by atoms with Crippen LogP contribution in [0, 0.1) is 0 Å². The third-order valence-electron chi connectivity index (χ3n) is 4.04. The lowest BCUT2D eigenvalue weighted by Gasteiger charge is -2.32. The summed E-state index contributed by atoms with van der Waals surface area (Å²) in [5, 5.41) is 10.4. The average molecular weight is 307 g/mol. The number of ether oxygens (including phenoxy) is 2. The highest BCUT2D eigenvalue weighted by atomic mass is 16.6. The smallest absolute Gasteiger partial charge is 0.412 e. The monoisotopic (exact) mass is 307 g/mol. The maximum Gasteiger partial charge on any atom is 0.412 e. The molecule has 1 aliphatic rings. The molecule has 1 N–H and O–H groups in total. The van der Waals surface area contributed by atoms with Gasteiger partial charge in [0.1, 0.15) is 6.61 Å². The van der Waals surface area contributed by atoms with Gasteiger partial charge < -0.3 is 14.6 Å². The van der Waals surface area contributed by atoms with E-state index in [0.29, 0.717) is 6.42 Å². The molecule has 5 nitrogen and oxygen atoms in total. The lowest BCUT2D eigenvalue weighted by Crippen LogP contribution is -2.46. The van der Waals surface area contributed by atoms with Gasteiger partial charge in [-0.25, -0.2) is 4.79 Å². The van der Waals surface area contributed by atoms with Gasteiger partial charge >= 0.3 is 6.09 Å². The number of methoxy groups -OCH3 is 1. The Hall–Kier alpha value is -1.59. The van der Waals surface area contributed by atoms with Crippen LogP contribution in [0.25, 0.3) is 0 Å². The van der Waals surface area contributed by atoms with E-state index in [9.17, 15) is 9.90 Å².